The number of hydrogen-bond donors (Lipinski definition) is 2. The predicted molar refractivity (Wildman–Crippen MR) is 140 cm³/mol. The first kappa shape index (κ1) is 26.2. The van der Waals surface area contributed by atoms with Crippen molar-refractivity contribution < 1.29 is 18.0 Å². The summed E-state index contributed by atoms with van der Waals surface area (Å²) in [5, 5.41) is 5.88. The maximum absolute atomic E-state index is 13.6. The van der Waals surface area contributed by atoms with Crippen molar-refractivity contribution in [2.45, 2.75) is 32.1 Å². The predicted octanol–water partition coefficient (Wildman–Crippen LogP) is 4.93. The van der Waals surface area contributed by atoms with E-state index in [-0.39, 0.29) is 10.8 Å². The van der Waals surface area contributed by atoms with E-state index in [4.69, 9.17) is 11.6 Å². The van der Waals surface area contributed by atoms with Gasteiger partial charge in [-0.15, -0.1) is 0 Å². The molecule has 184 valence electrons. The molecule has 0 saturated carbocycles. The first-order chi connectivity index (χ1) is 16.6. The number of aryl methyl sites for hydroxylation is 2. The number of rotatable bonds is 9. The molecule has 35 heavy (non-hydrogen) atoms. The smallest absolute Gasteiger partial charge is 0.264 e. The van der Waals surface area contributed by atoms with Gasteiger partial charge in [0.05, 0.1) is 21.8 Å². The molecule has 0 aliphatic carbocycles. The van der Waals surface area contributed by atoms with Crippen LogP contribution in [0.25, 0.3) is 0 Å². The SMILES string of the molecule is CCCNC(=O)c1ccccc1NC(=O)CN(c1ccc(C)c(C)c1)S(=O)(=O)c1ccc(Cl)cc1. The Kier molecular flexibility index (Phi) is 8.53. The van der Waals surface area contributed by atoms with Crippen LogP contribution in [-0.2, 0) is 14.8 Å². The number of nitrogens with one attached hydrogen (secondary N) is 2. The fraction of sp³-hybridized carbons (Fsp3) is 0.231. The molecule has 2 N–H and O–H groups in total. The van der Waals surface area contributed by atoms with Gasteiger partial charge >= 0.3 is 0 Å². The highest BCUT2D eigenvalue weighted by molar-refractivity contribution is 7.92. The Balaban J connectivity index is 1.94. The molecular weight excluding hydrogens is 486 g/mol. The second-order valence-corrected chi connectivity index (χ2v) is 10.4. The summed E-state index contributed by atoms with van der Waals surface area (Å²) in [7, 11) is -4.09. The fourth-order valence-corrected chi connectivity index (χ4v) is 4.91. The molecule has 3 aromatic rings. The highest BCUT2D eigenvalue weighted by Gasteiger charge is 2.28. The van der Waals surface area contributed by atoms with Gasteiger partial charge in [-0.3, -0.25) is 13.9 Å². The Morgan fingerprint density at radius 1 is 0.943 bits per heavy atom. The summed E-state index contributed by atoms with van der Waals surface area (Å²) in [6.45, 7) is 5.75. The number of halogens is 1. The number of para-hydroxylation sites is 1. The molecule has 3 rings (SSSR count). The van der Waals surface area contributed by atoms with E-state index in [2.05, 4.69) is 10.6 Å². The summed E-state index contributed by atoms with van der Waals surface area (Å²) in [4.78, 5) is 25.6. The first-order valence-corrected chi connectivity index (χ1v) is 13.0. The Bertz CT molecular complexity index is 1320. The third-order valence-corrected chi connectivity index (χ3v) is 7.49. The van der Waals surface area contributed by atoms with Gasteiger partial charge in [0.15, 0.2) is 0 Å². The van der Waals surface area contributed by atoms with Crippen LogP contribution in [0, 0.1) is 13.8 Å². The fourth-order valence-electron chi connectivity index (χ4n) is 3.37. The number of benzene rings is 3. The molecule has 0 spiro atoms. The van der Waals surface area contributed by atoms with E-state index in [0.717, 1.165) is 21.9 Å². The van der Waals surface area contributed by atoms with Crippen molar-refractivity contribution in [3.05, 3.63) is 88.4 Å². The van der Waals surface area contributed by atoms with E-state index in [1.807, 2.05) is 20.8 Å². The first-order valence-electron chi connectivity index (χ1n) is 11.2. The number of nitrogens with zero attached hydrogens (tertiary/aromatic N) is 1. The summed E-state index contributed by atoms with van der Waals surface area (Å²) in [6.07, 6.45) is 0.772. The number of amides is 2. The standard InChI is InChI=1S/C26H28ClN3O4S/c1-4-15-28-26(32)23-7-5-6-8-24(23)29-25(31)17-30(21-12-9-18(2)19(3)16-21)35(33,34)22-13-10-20(27)11-14-22/h5-14,16H,4,15,17H2,1-3H3,(H,28,32)(H,29,31). The molecule has 0 aliphatic heterocycles. The molecule has 0 bridgehead atoms. The second kappa shape index (κ2) is 11.4. The average Bonchev–Trinajstić information content (AvgIpc) is 2.83. The van der Waals surface area contributed by atoms with Gasteiger partial charge in [0.25, 0.3) is 15.9 Å². The van der Waals surface area contributed by atoms with Gasteiger partial charge in [0.1, 0.15) is 6.54 Å². The van der Waals surface area contributed by atoms with Crippen LogP contribution in [0.15, 0.2) is 71.6 Å². The van der Waals surface area contributed by atoms with E-state index >= 15 is 0 Å². The third-order valence-electron chi connectivity index (χ3n) is 5.45. The number of sulfonamides is 1. The molecule has 0 radical (unpaired) electrons. The van der Waals surface area contributed by atoms with Gasteiger partial charge in [-0.2, -0.15) is 0 Å². The minimum Gasteiger partial charge on any atom is -0.352 e. The number of carbonyl (C=O) groups excluding carboxylic acids is 2. The van der Waals surface area contributed by atoms with Gasteiger partial charge in [-0.1, -0.05) is 36.7 Å². The average molecular weight is 514 g/mol. The highest BCUT2D eigenvalue weighted by Crippen LogP contribution is 2.27. The Morgan fingerprint density at radius 3 is 2.29 bits per heavy atom. The quantitative estimate of drug-likeness (QED) is 0.424. The molecule has 7 nitrogen and oxygen atoms in total. The van der Waals surface area contributed by atoms with E-state index in [0.29, 0.717) is 28.5 Å². The molecule has 0 unspecified atom stereocenters. The molecule has 0 fully saturated rings. The van der Waals surface area contributed by atoms with Crippen LogP contribution in [0.3, 0.4) is 0 Å². The highest BCUT2D eigenvalue weighted by atomic mass is 35.5. The van der Waals surface area contributed by atoms with E-state index in [1.165, 1.54) is 24.3 Å². The molecule has 0 heterocycles. The van der Waals surface area contributed by atoms with Gasteiger partial charge in [-0.05, 0) is 79.9 Å². The molecule has 0 aromatic heterocycles. The normalized spacial score (nSPS) is 11.1. The molecular formula is C26H28ClN3O4S. The van der Waals surface area contributed by atoms with Crippen molar-refractivity contribution in [1.82, 2.24) is 5.32 Å². The van der Waals surface area contributed by atoms with Crippen molar-refractivity contribution >= 4 is 44.8 Å². The van der Waals surface area contributed by atoms with Gasteiger partial charge in [0.2, 0.25) is 5.91 Å². The molecule has 0 aliphatic rings. The lowest BCUT2D eigenvalue weighted by atomic mass is 10.1. The lowest BCUT2D eigenvalue weighted by molar-refractivity contribution is -0.114. The molecule has 9 heteroatoms. The van der Waals surface area contributed by atoms with Crippen molar-refractivity contribution in [1.29, 1.82) is 0 Å². The Hall–Kier alpha value is -3.36. The number of hydrogen-bond acceptors (Lipinski definition) is 4. The topological polar surface area (TPSA) is 95.6 Å². The van der Waals surface area contributed by atoms with Crippen LogP contribution in [-0.4, -0.2) is 33.3 Å². The summed E-state index contributed by atoms with van der Waals surface area (Å²) in [5.74, 6) is -0.904. The second-order valence-electron chi connectivity index (χ2n) is 8.08. The maximum Gasteiger partial charge on any atom is 0.264 e. The van der Waals surface area contributed by atoms with Gasteiger partial charge < -0.3 is 10.6 Å². The number of carbonyl (C=O) groups is 2. The van der Waals surface area contributed by atoms with Crippen LogP contribution in [0.2, 0.25) is 5.02 Å². The van der Waals surface area contributed by atoms with Gasteiger partial charge in [0, 0.05) is 11.6 Å². The summed E-state index contributed by atoms with van der Waals surface area (Å²) in [6, 6.07) is 17.6. The zero-order valence-corrected chi connectivity index (χ0v) is 21.4. The largest absolute Gasteiger partial charge is 0.352 e. The van der Waals surface area contributed by atoms with Crippen molar-refractivity contribution in [3.63, 3.8) is 0 Å². The monoisotopic (exact) mass is 513 g/mol. The lowest BCUT2D eigenvalue weighted by Crippen LogP contribution is -2.38. The van der Waals surface area contributed by atoms with E-state index in [1.54, 1.807) is 42.5 Å². The molecule has 0 saturated heterocycles. The van der Waals surface area contributed by atoms with Crippen molar-refractivity contribution in [3.8, 4) is 0 Å². The number of anilines is 2. The van der Waals surface area contributed by atoms with Crippen LogP contribution in [0.1, 0.15) is 34.8 Å². The summed E-state index contributed by atoms with van der Waals surface area (Å²) >= 11 is 5.94. The Labute approximate surface area is 211 Å². The van der Waals surface area contributed by atoms with Crippen molar-refractivity contribution in [2.75, 3.05) is 22.7 Å². The van der Waals surface area contributed by atoms with Crippen LogP contribution >= 0.6 is 11.6 Å². The van der Waals surface area contributed by atoms with E-state index < -0.39 is 22.5 Å². The summed E-state index contributed by atoms with van der Waals surface area (Å²) in [5.41, 5.74) is 2.83. The minimum absolute atomic E-state index is 0.00673. The maximum atomic E-state index is 13.6. The van der Waals surface area contributed by atoms with Crippen LogP contribution < -0.4 is 14.9 Å². The minimum atomic E-state index is -4.09. The van der Waals surface area contributed by atoms with Crippen LogP contribution in [0.4, 0.5) is 11.4 Å². The van der Waals surface area contributed by atoms with Crippen LogP contribution in [0.5, 0.6) is 0 Å². The lowest BCUT2D eigenvalue weighted by Gasteiger charge is -2.25. The van der Waals surface area contributed by atoms with Gasteiger partial charge in [-0.25, -0.2) is 8.42 Å². The molecule has 2 amide bonds. The van der Waals surface area contributed by atoms with E-state index in [9.17, 15) is 18.0 Å². The molecule has 3 aromatic carbocycles. The third kappa shape index (κ3) is 6.41. The molecule has 0 atom stereocenters. The van der Waals surface area contributed by atoms with Crippen molar-refractivity contribution in [2.24, 2.45) is 0 Å². The zero-order valence-electron chi connectivity index (χ0n) is 19.8. The zero-order chi connectivity index (χ0) is 25.6. The summed E-state index contributed by atoms with van der Waals surface area (Å²) < 4.78 is 28.2. The Morgan fingerprint density at radius 2 is 1.63 bits per heavy atom.